The number of methoxy groups -OCH3 is 1. The van der Waals surface area contributed by atoms with E-state index < -0.39 is 17.6 Å². The number of anilines is 1. The largest absolute Gasteiger partial charge is 0.493 e. The Bertz CT molecular complexity index is 1250. The molecule has 0 radical (unpaired) electrons. The van der Waals surface area contributed by atoms with Crippen LogP contribution >= 0.6 is 11.6 Å². The second-order valence-electron chi connectivity index (χ2n) is 6.73. The molecule has 1 amide bonds. The molecular formula is C23H18ClFN4O3. The van der Waals surface area contributed by atoms with Crippen LogP contribution in [0.5, 0.6) is 17.4 Å². The Kier molecular flexibility index (Phi) is 7.03. The van der Waals surface area contributed by atoms with Crippen molar-refractivity contribution in [1.29, 1.82) is 5.26 Å². The summed E-state index contributed by atoms with van der Waals surface area (Å²) in [6, 6.07) is 12.0. The number of nitriles is 1. The van der Waals surface area contributed by atoms with Gasteiger partial charge in [-0.2, -0.15) is 14.6 Å². The fraction of sp³-hybridized carbons (Fsp3) is 0.130. The second kappa shape index (κ2) is 9.90. The predicted octanol–water partition coefficient (Wildman–Crippen LogP) is 5.23. The van der Waals surface area contributed by atoms with Gasteiger partial charge in [0.25, 0.3) is 11.8 Å². The molecular weight excluding hydrogens is 435 g/mol. The Morgan fingerprint density at radius 2 is 1.97 bits per heavy atom. The monoisotopic (exact) mass is 452 g/mol. The van der Waals surface area contributed by atoms with Gasteiger partial charge in [0.2, 0.25) is 11.1 Å². The number of amides is 1. The van der Waals surface area contributed by atoms with Crippen LogP contribution in [0, 0.1) is 31.0 Å². The third kappa shape index (κ3) is 5.39. The number of aryl methyl sites for hydroxylation is 2. The normalized spacial score (nSPS) is 10.9. The second-order valence-corrected chi connectivity index (χ2v) is 7.07. The minimum absolute atomic E-state index is 0.113. The van der Waals surface area contributed by atoms with Crippen molar-refractivity contribution in [2.24, 2.45) is 0 Å². The molecule has 0 atom stereocenters. The van der Waals surface area contributed by atoms with E-state index in [2.05, 4.69) is 15.3 Å². The van der Waals surface area contributed by atoms with E-state index in [0.717, 1.165) is 17.3 Å². The highest BCUT2D eigenvalue weighted by Gasteiger charge is 2.15. The van der Waals surface area contributed by atoms with Crippen LogP contribution in [0.4, 0.5) is 10.1 Å². The molecule has 9 heteroatoms. The summed E-state index contributed by atoms with van der Waals surface area (Å²) < 4.78 is 24.7. The van der Waals surface area contributed by atoms with E-state index >= 15 is 0 Å². The van der Waals surface area contributed by atoms with E-state index in [1.807, 2.05) is 32.0 Å². The molecule has 32 heavy (non-hydrogen) atoms. The maximum atomic E-state index is 14.0. The van der Waals surface area contributed by atoms with Crippen molar-refractivity contribution >= 4 is 29.3 Å². The van der Waals surface area contributed by atoms with E-state index in [1.165, 1.54) is 19.3 Å². The van der Waals surface area contributed by atoms with Gasteiger partial charge in [0.1, 0.15) is 11.6 Å². The lowest BCUT2D eigenvalue weighted by Crippen LogP contribution is -2.13. The molecule has 1 N–H and O–H groups in total. The summed E-state index contributed by atoms with van der Waals surface area (Å²) in [5.41, 5.74) is 3.00. The molecule has 0 bridgehead atoms. The molecule has 3 rings (SSSR count). The van der Waals surface area contributed by atoms with Crippen molar-refractivity contribution in [3.8, 4) is 23.4 Å². The first-order valence-corrected chi connectivity index (χ1v) is 9.73. The minimum atomic E-state index is -0.817. The first kappa shape index (κ1) is 22.7. The maximum Gasteiger partial charge on any atom is 0.266 e. The fourth-order valence-electron chi connectivity index (χ4n) is 2.70. The van der Waals surface area contributed by atoms with Gasteiger partial charge >= 0.3 is 0 Å². The molecule has 0 aliphatic rings. The molecule has 0 spiro atoms. The molecule has 1 aromatic heterocycles. The lowest BCUT2D eigenvalue weighted by atomic mass is 10.1. The summed E-state index contributed by atoms with van der Waals surface area (Å²) in [6.07, 6.45) is 2.26. The molecule has 0 fully saturated rings. The number of rotatable bonds is 6. The highest BCUT2D eigenvalue weighted by molar-refractivity contribution is 6.28. The van der Waals surface area contributed by atoms with Gasteiger partial charge in [-0.3, -0.25) is 4.79 Å². The molecule has 3 aromatic rings. The number of hydrogen-bond acceptors (Lipinski definition) is 6. The van der Waals surface area contributed by atoms with Gasteiger partial charge in [0.05, 0.1) is 13.3 Å². The number of ether oxygens (including phenoxy) is 2. The Morgan fingerprint density at radius 1 is 1.19 bits per heavy atom. The van der Waals surface area contributed by atoms with Gasteiger partial charge in [0, 0.05) is 5.69 Å². The van der Waals surface area contributed by atoms with Crippen LogP contribution in [0.2, 0.25) is 5.28 Å². The Labute approximate surface area is 189 Å². The number of benzene rings is 2. The number of nitrogens with one attached hydrogen (secondary N) is 1. The van der Waals surface area contributed by atoms with Crippen LogP contribution in [-0.2, 0) is 4.79 Å². The van der Waals surface area contributed by atoms with Crippen LogP contribution in [0.1, 0.15) is 16.7 Å². The summed E-state index contributed by atoms with van der Waals surface area (Å²) in [5, 5.41) is 12.0. The summed E-state index contributed by atoms with van der Waals surface area (Å²) in [4.78, 5) is 19.8. The van der Waals surface area contributed by atoms with Crippen LogP contribution in [0.15, 0.2) is 48.2 Å². The van der Waals surface area contributed by atoms with Crippen molar-refractivity contribution in [3.05, 3.63) is 76.0 Å². The highest BCUT2D eigenvalue weighted by Crippen LogP contribution is 2.33. The average molecular weight is 453 g/mol. The average Bonchev–Trinajstić information content (AvgIpc) is 2.77. The molecule has 162 valence electrons. The molecule has 0 saturated carbocycles. The van der Waals surface area contributed by atoms with Gasteiger partial charge in [-0.05, 0) is 72.5 Å². The quantitative estimate of drug-likeness (QED) is 0.312. The standard InChI is InChI=1S/C23H18ClFN4O3/c1-13-4-6-17(8-14(13)2)28-21(30)16(11-26)9-15-5-7-19(31-3)20(10-15)32-22-18(25)12-27-23(24)29-22/h4-10,12H,1-3H3,(H,28,30)/b16-9+. The molecule has 7 nitrogen and oxygen atoms in total. The van der Waals surface area contributed by atoms with Crippen LogP contribution in [0.3, 0.4) is 0 Å². The van der Waals surface area contributed by atoms with Gasteiger partial charge in [-0.1, -0.05) is 12.1 Å². The number of aromatic nitrogens is 2. The summed E-state index contributed by atoms with van der Waals surface area (Å²) in [6.45, 7) is 3.89. The molecule has 0 unspecified atom stereocenters. The van der Waals surface area contributed by atoms with Crippen LogP contribution < -0.4 is 14.8 Å². The lowest BCUT2D eigenvalue weighted by Gasteiger charge is -2.11. The summed E-state index contributed by atoms with van der Waals surface area (Å²) in [5.74, 6) is -1.38. The minimum Gasteiger partial charge on any atom is -0.493 e. The third-order valence-corrected chi connectivity index (χ3v) is 4.70. The van der Waals surface area contributed by atoms with Crippen molar-refractivity contribution in [3.63, 3.8) is 0 Å². The molecule has 0 aliphatic heterocycles. The Balaban J connectivity index is 1.89. The SMILES string of the molecule is COc1ccc(/C=C(\C#N)C(=O)Nc2ccc(C)c(C)c2)cc1Oc1nc(Cl)ncc1F. The van der Waals surface area contributed by atoms with E-state index in [4.69, 9.17) is 21.1 Å². The van der Waals surface area contributed by atoms with Crippen molar-refractivity contribution in [1.82, 2.24) is 9.97 Å². The highest BCUT2D eigenvalue weighted by atomic mass is 35.5. The maximum absolute atomic E-state index is 14.0. The van der Waals surface area contributed by atoms with Crippen LogP contribution in [0.25, 0.3) is 6.08 Å². The zero-order valence-corrected chi connectivity index (χ0v) is 18.2. The molecule has 0 aliphatic carbocycles. The summed E-state index contributed by atoms with van der Waals surface area (Å²) in [7, 11) is 1.42. The summed E-state index contributed by atoms with van der Waals surface area (Å²) >= 11 is 5.71. The molecule has 1 heterocycles. The topological polar surface area (TPSA) is 97.1 Å². The first-order chi connectivity index (χ1) is 15.3. The van der Waals surface area contributed by atoms with Crippen molar-refractivity contribution in [2.75, 3.05) is 12.4 Å². The smallest absolute Gasteiger partial charge is 0.266 e. The Morgan fingerprint density at radius 3 is 2.66 bits per heavy atom. The van der Waals surface area contributed by atoms with Gasteiger partial charge in [-0.15, -0.1) is 0 Å². The van der Waals surface area contributed by atoms with Gasteiger partial charge < -0.3 is 14.8 Å². The Hall–Kier alpha value is -3.96. The third-order valence-electron chi connectivity index (χ3n) is 4.52. The molecule has 0 saturated heterocycles. The van der Waals surface area contributed by atoms with E-state index in [9.17, 15) is 14.4 Å². The van der Waals surface area contributed by atoms with Gasteiger partial charge in [0.15, 0.2) is 11.5 Å². The van der Waals surface area contributed by atoms with Gasteiger partial charge in [-0.25, -0.2) is 4.98 Å². The van der Waals surface area contributed by atoms with Crippen molar-refractivity contribution in [2.45, 2.75) is 13.8 Å². The van der Waals surface area contributed by atoms with Crippen molar-refractivity contribution < 1.29 is 18.7 Å². The number of carbonyl (C=O) groups excluding carboxylic acids is 1. The first-order valence-electron chi connectivity index (χ1n) is 9.35. The number of hydrogen-bond donors (Lipinski definition) is 1. The molecule has 2 aromatic carbocycles. The zero-order valence-electron chi connectivity index (χ0n) is 17.4. The predicted molar refractivity (Wildman–Crippen MR) is 118 cm³/mol. The van der Waals surface area contributed by atoms with E-state index in [-0.39, 0.29) is 22.4 Å². The number of carbonyl (C=O) groups is 1. The fourth-order valence-corrected chi connectivity index (χ4v) is 2.83. The van der Waals surface area contributed by atoms with E-state index in [1.54, 1.807) is 18.2 Å². The number of nitrogens with zero attached hydrogens (tertiary/aromatic N) is 3. The lowest BCUT2D eigenvalue weighted by molar-refractivity contribution is -0.112. The number of halogens is 2. The van der Waals surface area contributed by atoms with Crippen LogP contribution in [-0.4, -0.2) is 23.0 Å². The zero-order chi connectivity index (χ0) is 23.3. The van der Waals surface area contributed by atoms with E-state index in [0.29, 0.717) is 11.3 Å².